The fourth-order valence-electron chi connectivity index (χ4n) is 2.77. The molecule has 0 radical (unpaired) electrons. The summed E-state index contributed by atoms with van der Waals surface area (Å²) in [4.78, 5) is 15.7. The molecule has 2 aliphatic rings. The van der Waals surface area contributed by atoms with Crippen LogP contribution in [0.3, 0.4) is 0 Å². The van der Waals surface area contributed by atoms with Gasteiger partial charge >= 0.3 is 6.18 Å². The van der Waals surface area contributed by atoms with Crippen LogP contribution in [-0.4, -0.2) is 17.8 Å². The highest BCUT2D eigenvalue weighted by Crippen LogP contribution is 2.25. The van der Waals surface area contributed by atoms with Gasteiger partial charge in [0.25, 0.3) is 0 Å². The van der Waals surface area contributed by atoms with E-state index in [0.717, 1.165) is 16.6 Å². The summed E-state index contributed by atoms with van der Waals surface area (Å²) >= 11 is 0. The van der Waals surface area contributed by atoms with Gasteiger partial charge < -0.3 is 9.72 Å². The van der Waals surface area contributed by atoms with Gasteiger partial charge in [0.05, 0.1) is 12.3 Å². The molecular weight excluding hydrogens is 331 g/mol. The molecule has 0 amide bonds. The first-order valence-electron chi connectivity index (χ1n) is 8.18. The highest BCUT2D eigenvalue weighted by atomic mass is 19.4. The molecule has 1 aromatic rings. The van der Waals surface area contributed by atoms with Crippen molar-refractivity contribution in [1.82, 2.24) is 4.98 Å². The molecule has 0 atom stereocenters. The zero-order chi connectivity index (χ0) is 17.9. The molecule has 25 heavy (non-hydrogen) atoms. The molecule has 1 aliphatic carbocycles. The largest absolute Gasteiger partial charge is 0.489 e. The minimum atomic E-state index is -4.11. The molecule has 3 rings (SSSR count). The predicted molar refractivity (Wildman–Crippen MR) is 91.2 cm³/mol. The van der Waals surface area contributed by atoms with E-state index in [9.17, 15) is 18.0 Å². The number of halogens is 3. The summed E-state index contributed by atoms with van der Waals surface area (Å²) in [6, 6.07) is 12.9. The molecule has 6 heteroatoms. The second-order valence-corrected chi connectivity index (χ2v) is 5.98. The smallest absolute Gasteiger partial charge is 0.389 e. The van der Waals surface area contributed by atoms with E-state index in [2.05, 4.69) is 4.98 Å². The van der Waals surface area contributed by atoms with E-state index >= 15 is 0 Å². The third-order valence-corrected chi connectivity index (χ3v) is 4.05. The Kier molecular flexibility index (Phi) is 4.97. The van der Waals surface area contributed by atoms with E-state index in [1.54, 1.807) is 12.1 Å². The van der Waals surface area contributed by atoms with Crippen LogP contribution in [0.4, 0.5) is 13.2 Å². The number of fused-ring (bicyclic) bond motifs is 2. The van der Waals surface area contributed by atoms with Crippen LogP contribution in [0.1, 0.15) is 25.7 Å². The monoisotopic (exact) mass is 349 g/mol. The molecule has 132 valence electrons. The van der Waals surface area contributed by atoms with Crippen LogP contribution in [0.15, 0.2) is 47.3 Å². The number of aromatic amines is 1. The Bertz CT molecular complexity index is 886. The summed E-state index contributed by atoms with van der Waals surface area (Å²) in [7, 11) is 0. The van der Waals surface area contributed by atoms with E-state index in [1.807, 2.05) is 30.3 Å². The van der Waals surface area contributed by atoms with Gasteiger partial charge in [-0.05, 0) is 48.9 Å². The van der Waals surface area contributed by atoms with Gasteiger partial charge in [0.1, 0.15) is 0 Å². The average Bonchev–Trinajstić information content (AvgIpc) is 2.57. The topological polar surface area (TPSA) is 42.1 Å². The maximum atomic E-state index is 12.5. The minimum absolute atomic E-state index is 0.0791. The van der Waals surface area contributed by atoms with Crippen molar-refractivity contribution >= 4 is 10.9 Å². The lowest BCUT2D eigenvalue weighted by atomic mass is 10.1. The molecule has 0 saturated carbocycles. The molecular formula is C19H18F3NO2. The molecule has 1 heterocycles. The lowest BCUT2D eigenvalue weighted by Gasteiger charge is -2.11. The number of hydrogen-bond acceptors (Lipinski definition) is 2. The highest BCUT2D eigenvalue weighted by molar-refractivity contribution is 5.85. The molecule has 0 spiro atoms. The summed E-state index contributed by atoms with van der Waals surface area (Å²) in [5.74, 6) is 0.229. The summed E-state index contributed by atoms with van der Waals surface area (Å²) in [5.41, 5.74) is 1.98. The van der Waals surface area contributed by atoms with Gasteiger partial charge in [-0.1, -0.05) is 18.2 Å². The van der Waals surface area contributed by atoms with Crippen LogP contribution in [0.5, 0.6) is 5.75 Å². The van der Waals surface area contributed by atoms with Crippen molar-refractivity contribution < 1.29 is 17.9 Å². The Morgan fingerprint density at radius 3 is 2.60 bits per heavy atom. The van der Waals surface area contributed by atoms with Crippen molar-refractivity contribution in [2.45, 2.75) is 31.9 Å². The number of nitrogens with one attached hydrogen (secondary N) is 1. The van der Waals surface area contributed by atoms with Crippen LogP contribution >= 0.6 is 0 Å². The second kappa shape index (κ2) is 7.17. The van der Waals surface area contributed by atoms with Gasteiger partial charge in [-0.2, -0.15) is 13.2 Å². The Morgan fingerprint density at radius 2 is 1.80 bits per heavy atom. The van der Waals surface area contributed by atoms with Gasteiger partial charge in [0.2, 0.25) is 5.43 Å². The number of rotatable bonds is 6. The number of unbranched alkanes of at least 4 members (excludes halogenated alkanes) is 2. The van der Waals surface area contributed by atoms with Crippen molar-refractivity contribution in [3.8, 4) is 17.0 Å². The Labute approximate surface area is 142 Å². The summed E-state index contributed by atoms with van der Waals surface area (Å²) in [6.45, 7) is 0.232. The zero-order valence-electron chi connectivity index (χ0n) is 13.5. The highest BCUT2D eigenvalue weighted by Gasteiger charge is 2.25. The molecule has 0 fully saturated rings. The first-order valence-corrected chi connectivity index (χ1v) is 8.18. The number of pyridine rings is 1. The van der Waals surface area contributed by atoms with Gasteiger partial charge in [-0.25, -0.2) is 0 Å². The predicted octanol–water partition coefficient (Wildman–Crippen LogP) is 5.13. The number of para-hydroxylation sites is 1. The number of hydrogen-bond donors (Lipinski definition) is 1. The van der Waals surface area contributed by atoms with Crippen LogP contribution in [0.25, 0.3) is 22.2 Å². The van der Waals surface area contributed by atoms with Crippen molar-refractivity contribution in [2.75, 3.05) is 6.61 Å². The molecule has 1 aromatic carbocycles. The minimum Gasteiger partial charge on any atom is -0.489 e. The fourth-order valence-corrected chi connectivity index (χ4v) is 2.77. The molecule has 3 nitrogen and oxygen atoms in total. The number of H-pyrrole nitrogens is 1. The number of benzene rings is 2. The fraction of sp³-hybridized carbons (Fsp3) is 0.316. The number of ether oxygens (including phenoxy) is 1. The van der Waals surface area contributed by atoms with Crippen molar-refractivity contribution in [1.29, 1.82) is 0 Å². The third kappa shape index (κ3) is 4.32. The van der Waals surface area contributed by atoms with Crippen molar-refractivity contribution in [3.05, 3.63) is 52.7 Å². The third-order valence-electron chi connectivity index (χ3n) is 4.05. The van der Waals surface area contributed by atoms with Gasteiger partial charge in [-0.15, -0.1) is 0 Å². The molecule has 1 aliphatic heterocycles. The normalized spacial score (nSPS) is 12.0. The number of alkyl halides is 3. The molecule has 0 saturated heterocycles. The Morgan fingerprint density at radius 1 is 1.00 bits per heavy atom. The second-order valence-electron chi connectivity index (χ2n) is 5.98. The van der Waals surface area contributed by atoms with E-state index in [1.165, 1.54) is 0 Å². The first-order chi connectivity index (χ1) is 11.9. The van der Waals surface area contributed by atoms with E-state index in [-0.39, 0.29) is 24.2 Å². The van der Waals surface area contributed by atoms with Crippen molar-refractivity contribution in [3.63, 3.8) is 0 Å². The molecule has 0 unspecified atom stereocenters. The average molecular weight is 349 g/mol. The van der Waals surface area contributed by atoms with E-state index in [0.29, 0.717) is 18.4 Å². The zero-order valence-corrected chi connectivity index (χ0v) is 13.5. The number of aromatic nitrogens is 1. The Balaban J connectivity index is 1.67. The standard InChI is InChI=1S/C19H18F3NO2/c20-19(21,22)10-4-1-5-11-25-17-9-8-16-14(18(17)24)12-13-6-2-3-7-15(13)23-16/h2-3,6-9,12,23H,1,4-5,10-11H2. The lowest BCUT2D eigenvalue weighted by molar-refractivity contribution is -0.135. The van der Waals surface area contributed by atoms with Gasteiger partial charge in [0, 0.05) is 17.5 Å². The van der Waals surface area contributed by atoms with Crippen LogP contribution < -0.4 is 10.2 Å². The summed E-state index contributed by atoms with van der Waals surface area (Å²) in [6.07, 6.45) is -3.91. The van der Waals surface area contributed by atoms with Crippen molar-refractivity contribution in [2.24, 2.45) is 0 Å². The summed E-state index contributed by atoms with van der Waals surface area (Å²) < 4.78 is 41.7. The quantitative estimate of drug-likeness (QED) is 0.495. The maximum Gasteiger partial charge on any atom is 0.389 e. The van der Waals surface area contributed by atoms with Crippen LogP contribution in [-0.2, 0) is 0 Å². The summed E-state index contributed by atoms with van der Waals surface area (Å²) in [5, 5.41) is 0.927. The van der Waals surface area contributed by atoms with E-state index in [4.69, 9.17) is 4.74 Å². The van der Waals surface area contributed by atoms with Crippen LogP contribution in [0.2, 0.25) is 0 Å². The SMILES string of the molecule is O=c1c(OCCCCCC(F)(F)F)ccc2[nH]c3ccccc3cc1-2. The van der Waals surface area contributed by atoms with Gasteiger partial charge in [-0.3, -0.25) is 4.79 Å². The molecule has 0 bridgehead atoms. The Hall–Kier alpha value is -2.50. The molecule has 1 N–H and O–H groups in total. The lowest BCUT2D eigenvalue weighted by Crippen LogP contribution is -2.12. The first kappa shape index (κ1) is 17.3. The van der Waals surface area contributed by atoms with E-state index < -0.39 is 12.6 Å². The maximum absolute atomic E-state index is 12.5. The van der Waals surface area contributed by atoms with Crippen LogP contribution in [0, 0.1) is 0 Å². The molecule has 0 aromatic heterocycles. The van der Waals surface area contributed by atoms with Gasteiger partial charge in [0.15, 0.2) is 5.75 Å².